The highest BCUT2D eigenvalue weighted by molar-refractivity contribution is 7.99. The highest BCUT2D eigenvalue weighted by Gasteiger charge is 2.20. The van der Waals surface area contributed by atoms with Crippen LogP contribution in [0.15, 0.2) is 53.7 Å². The van der Waals surface area contributed by atoms with E-state index in [2.05, 4.69) is 15.5 Å². The van der Waals surface area contributed by atoms with Gasteiger partial charge in [0.2, 0.25) is 5.91 Å². The minimum Gasteiger partial charge on any atom is -0.493 e. The average molecular weight is 445 g/mol. The van der Waals surface area contributed by atoms with Gasteiger partial charge in [-0.1, -0.05) is 36.0 Å². The second-order valence-electron chi connectivity index (χ2n) is 6.69. The summed E-state index contributed by atoms with van der Waals surface area (Å²) in [6.45, 7) is 4.87. The lowest BCUT2D eigenvalue weighted by Crippen LogP contribution is -2.24. The zero-order valence-corrected chi connectivity index (χ0v) is 18.5. The Morgan fingerprint density at radius 1 is 1.16 bits per heavy atom. The molecule has 1 atom stereocenters. The van der Waals surface area contributed by atoms with Crippen molar-refractivity contribution in [3.8, 4) is 11.5 Å². The van der Waals surface area contributed by atoms with E-state index in [0.29, 0.717) is 35.6 Å². The van der Waals surface area contributed by atoms with E-state index in [-0.39, 0.29) is 23.6 Å². The zero-order valence-electron chi connectivity index (χ0n) is 17.7. The maximum atomic E-state index is 13.0. The normalized spacial score (nSPS) is 11.7. The fourth-order valence-electron chi connectivity index (χ4n) is 2.95. The van der Waals surface area contributed by atoms with Crippen LogP contribution in [0.1, 0.15) is 31.3 Å². The van der Waals surface area contributed by atoms with E-state index in [9.17, 15) is 9.18 Å². The van der Waals surface area contributed by atoms with Gasteiger partial charge in [0.25, 0.3) is 0 Å². The number of ether oxygens (including phenoxy) is 2. The Morgan fingerprint density at radius 2 is 1.87 bits per heavy atom. The number of nitrogens with zero attached hydrogens (tertiary/aromatic N) is 3. The Labute approximate surface area is 185 Å². The van der Waals surface area contributed by atoms with Crippen molar-refractivity contribution in [1.82, 2.24) is 20.1 Å². The monoisotopic (exact) mass is 444 g/mol. The van der Waals surface area contributed by atoms with E-state index in [1.54, 1.807) is 19.2 Å². The molecule has 0 saturated carbocycles. The first-order valence-electron chi connectivity index (χ1n) is 9.88. The molecule has 0 bridgehead atoms. The molecule has 31 heavy (non-hydrogen) atoms. The number of hydrogen-bond acceptors (Lipinski definition) is 6. The summed E-state index contributed by atoms with van der Waals surface area (Å²) in [6.07, 6.45) is -0.356. The van der Waals surface area contributed by atoms with Gasteiger partial charge in [-0.2, -0.15) is 0 Å². The summed E-state index contributed by atoms with van der Waals surface area (Å²) in [5.74, 6) is 1.69. The largest absolute Gasteiger partial charge is 0.493 e. The molecule has 7 nitrogen and oxygen atoms in total. The van der Waals surface area contributed by atoms with Crippen molar-refractivity contribution < 1.29 is 18.7 Å². The summed E-state index contributed by atoms with van der Waals surface area (Å²) in [4.78, 5) is 12.2. The molecule has 1 aromatic heterocycles. The van der Waals surface area contributed by atoms with Gasteiger partial charge in [-0.05, 0) is 43.7 Å². The number of amides is 1. The van der Waals surface area contributed by atoms with Gasteiger partial charge in [0.1, 0.15) is 5.82 Å². The van der Waals surface area contributed by atoms with Crippen LogP contribution in [-0.4, -0.2) is 33.5 Å². The molecule has 0 aliphatic carbocycles. The first-order valence-corrected chi connectivity index (χ1v) is 10.9. The Balaban J connectivity index is 1.58. The predicted octanol–water partition coefficient (Wildman–Crippen LogP) is 3.99. The van der Waals surface area contributed by atoms with Crippen LogP contribution in [0.5, 0.6) is 11.5 Å². The molecule has 1 unspecified atom stereocenters. The van der Waals surface area contributed by atoms with Crippen LogP contribution in [0.3, 0.4) is 0 Å². The van der Waals surface area contributed by atoms with Crippen LogP contribution < -0.4 is 14.8 Å². The summed E-state index contributed by atoms with van der Waals surface area (Å²) in [6, 6.07) is 13.5. The summed E-state index contributed by atoms with van der Waals surface area (Å²) >= 11 is 1.31. The first-order chi connectivity index (χ1) is 15.0. The molecule has 3 aromatic rings. The van der Waals surface area contributed by atoms with Crippen LogP contribution in [0.4, 0.5) is 4.39 Å². The van der Waals surface area contributed by atoms with Gasteiger partial charge in [0.05, 0.1) is 12.9 Å². The van der Waals surface area contributed by atoms with Crippen molar-refractivity contribution in [3.63, 3.8) is 0 Å². The van der Waals surface area contributed by atoms with Crippen molar-refractivity contribution in [2.24, 2.45) is 0 Å². The maximum Gasteiger partial charge on any atom is 0.230 e. The number of aromatic nitrogens is 3. The summed E-state index contributed by atoms with van der Waals surface area (Å²) < 4.78 is 26.3. The average Bonchev–Trinajstić information content (AvgIpc) is 3.20. The number of nitrogens with one attached hydrogen (secondary N) is 1. The van der Waals surface area contributed by atoms with Gasteiger partial charge in [-0.3, -0.25) is 4.79 Å². The fraction of sp³-hybridized carbons (Fsp3) is 0.318. The fourth-order valence-corrected chi connectivity index (χ4v) is 3.79. The van der Waals surface area contributed by atoms with Crippen LogP contribution in [0, 0.1) is 5.82 Å². The minimum atomic E-state index is -0.356. The quantitative estimate of drug-likeness (QED) is 0.477. The molecule has 164 valence electrons. The van der Waals surface area contributed by atoms with Gasteiger partial charge in [0, 0.05) is 13.1 Å². The third kappa shape index (κ3) is 5.97. The van der Waals surface area contributed by atoms with E-state index in [0.717, 1.165) is 5.56 Å². The number of thioether (sulfide) groups is 1. The van der Waals surface area contributed by atoms with E-state index in [1.165, 1.54) is 23.9 Å². The molecule has 1 N–H and O–H groups in total. The molecule has 9 heteroatoms. The maximum absolute atomic E-state index is 13.0. The molecular weight excluding hydrogens is 419 g/mol. The Kier molecular flexibility index (Phi) is 7.88. The second-order valence-corrected chi connectivity index (χ2v) is 7.63. The molecule has 1 heterocycles. The van der Waals surface area contributed by atoms with E-state index in [1.807, 2.05) is 42.7 Å². The topological polar surface area (TPSA) is 78.3 Å². The van der Waals surface area contributed by atoms with Crippen molar-refractivity contribution in [1.29, 1.82) is 0 Å². The van der Waals surface area contributed by atoms with Crippen LogP contribution >= 0.6 is 11.8 Å². The Hall–Kier alpha value is -3.07. The molecule has 0 aliphatic rings. The number of carbonyl (C=O) groups is 1. The first kappa shape index (κ1) is 22.6. The van der Waals surface area contributed by atoms with Gasteiger partial charge in [0.15, 0.2) is 28.6 Å². The molecule has 1 amide bonds. The van der Waals surface area contributed by atoms with Gasteiger partial charge >= 0.3 is 0 Å². The SMILES string of the molecule is CCn1c(SCC(=O)NCc2ccc(F)cc2)nnc1C(C)Oc1ccccc1OC. The van der Waals surface area contributed by atoms with Gasteiger partial charge in [-0.25, -0.2) is 4.39 Å². The molecule has 0 aliphatic heterocycles. The summed E-state index contributed by atoms with van der Waals surface area (Å²) in [7, 11) is 1.59. The molecule has 2 aromatic carbocycles. The molecule has 0 fully saturated rings. The van der Waals surface area contributed by atoms with E-state index in [4.69, 9.17) is 9.47 Å². The van der Waals surface area contributed by atoms with E-state index < -0.39 is 0 Å². The number of benzene rings is 2. The second kappa shape index (κ2) is 10.8. The lowest BCUT2D eigenvalue weighted by atomic mass is 10.2. The lowest BCUT2D eigenvalue weighted by molar-refractivity contribution is -0.118. The van der Waals surface area contributed by atoms with E-state index >= 15 is 0 Å². The smallest absolute Gasteiger partial charge is 0.230 e. The number of methoxy groups -OCH3 is 1. The van der Waals surface area contributed by atoms with Crippen molar-refractivity contribution in [2.75, 3.05) is 12.9 Å². The lowest BCUT2D eigenvalue weighted by Gasteiger charge is -2.17. The predicted molar refractivity (Wildman–Crippen MR) is 117 cm³/mol. The minimum absolute atomic E-state index is 0.139. The number of rotatable bonds is 10. The van der Waals surface area contributed by atoms with Crippen molar-refractivity contribution in [2.45, 2.75) is 38.2 Å². The number of para-hydroxylation sites is 2. The highest BCUT2D eigenvalue weighted by atomic mass is 32.2. The highest BCUT2D eigenvalue weighted by Crippen LogP contribution is 2.31. The molecule has 0 spiro atoms. The third-order valence-corrected chi connectivity index (χ3v) is 5.50. The van der Waals surface area contributed by atoms with Crippen molar-refractivity contribution in [3.05, 3.63) is 65.7 Å². The number of hydrogen-bond donors (Lipinski definition) is 1. The zero-order chi connectivity index (χ0) is 22.2. The summed E-state index contributed by atoms with van der Waals surface area (Å²) in [5, 5.41) is 12.0. The Bertz CT molecular complexity index is 1010. The molecular formula is C22H25FN4O3S. The molecule has 0 saturated heterocycles. The van der Waals surface area contributed by atoms with Gasteiger partial charge < -0.3 is 19.4 Å². The van der Waals surface area contributed by atoms with Crippen LogP contribution in [0.25, 0.3) is 0 Å². The standard InChI is InChI=1S/C22H25FN4O3S/c1-4-27-21(15(2)30-19-8-6-5-7-18(19)29-3)25-26-22(27)31-14-20(28)24-13-16-9-11-17(23)12-10-16/h5-12,15H,4,13-14H2,1-3H3,(H,24,28). The Morgan fingerprint density at radius 3 is 2.55 bits per heavy atom. The summed E-state index contributed by atoms with van der Waals surface area (Å²) in [5.41, 5.74) is 0.834. The molecule has 3 rings (SSSR count). The molecule has 0 radical (unpaired) electrons. The van der Waals surface area contributed by atoms with Crippen LogP contribution in [0.2, 0.25) is 0 Å². The van der Waals surface area contributed by atoms with Crippen LogP contribution in [-0.2, 0) is 17.9 Å². The van der Waals surface area contributed by atoms with Crippen molar-refractivity contribution >= 4 is 17.7 Å². The van der Waals surface area contributed by atoms with Gasteiger partial charge in [-0.15, -0.1) is 10.2 Å². The number of halogens is 1. The third-order valence-electron chi connectivity index (χ3n) is 4.53. The number of carbonyl (C=O) groups excluding carboxylic acids is 1.